The summed E-state index contributed by atoms with van der Waals surface area (Å²) in [7, 11) is 0. The number of nitrogens with one attached hydrogen (secondary N) is 1. The Morgan fingerprint density at radius 3 is 2.67 bits per heavy atom. The van der Waals surface area contributed by atoms with E-state index in [1.165, 1.54) is 11.1 Å². The minimum Gasteiger partial charge on any atom is -0.368 e. The van der Waals surface area contributed by atoms with E-state index < -0.39 is 0 Å². The van der Waals surface area contributed by atoms with Gasteiger partial charge in [0, 0.05) is 44.8 Å². The van der Waals surface area contributed by atoms with Crippen LogP contribution >= 0.6 is 11.6 Å². The van der Waals surface area contributed by atoms with E-state index in [1.54, 1.807) is 0 Å². The number of fused-ring (bicyclic) bond motifs is 1. The number of carbonyl (C=O) groups is 1. The summed E-state index contributed by atoms with van der Waals surface area (Å²) in [5.41, 5.74) is 4.51. The van der Waals surface area contributed by atoms with Gasteiger partial charge in [0.05, 0.1) is 10.7 Å². The molecule has 27 heavy (non-hydrogen) atoms. The summed E-state index contributed by atoms with van der Waals surface area (Å²) in [6, 6.07) is 14.3. The zero-order valence-corrected chi connectivity index (χ0v) is 16.1. The fraction of sp³-hybridized carbons (Fsp3) is 0.318. The normalized spacial score (nSPS) is 17.8. The van der Waals surface area contributed by atoms with Crippen molar-refractivity contribution in [3.63, 3.8) is 0 Å². The van der Waals surface area contributed by atoms with E-state index >= 15 is 0 Å². The maximum absolute atomic E-state index is 11.4. The van der Waals surface area contributed by atoms with Crippen molar-refractivity contribution >= 4 is 35.0 Å². The number of aryl methyl sites for hydroxylation is 1. The van der Waals surface area contributed by atoms with E-state index in [-0.39, 0.29) is 5.91 Å². The number of piperazine rings is 1. The van der Waals surface area contributed by atoms with E-state index in [9.17, 15) is 4.79 Å². The van der Waals surface area contributed by atoms with Gasteiger partial charge in [0.25, 0.3) is 0 Å². The van der Waals surface area contributed by atoms with Gasteiger partial charge in [-0.1, -0.05) is 42.0 Å². The van der Waals surface area contributed by atoms with E-state index in [0.717, 1.165) is 55.5 Å². The molecule has 2 heterocycles. The molecule has 1 fully saturated rings. The fourth-order valence-electron chi connectivity index (χ4n) is 3.72. The number of benzene rings is 2. The first-order valence-electron chi connectivity index (χ1n) is 9.50. The van der Waals surface area contributed by atoms with Gasteiger partial charge in [-0.3, -0.25) is 9.69 Å². The summed E-state index contributed by atoms with van der Waals surface area (Å²) < 4.78 is 0. The molecule has 5 heteroatoms. The number of para-hydroxylation sites is 1. The zero-order chi connectivity index (χ0) is 18.6. The fourth-order valence-corrected chi connectivity index (χ4v) is 3.98. The molecule has 0 spiro atoms. The molecule has 4 rings (SSSR count). The molecule has 0 unspecified atom stereocenters. The van der Waals surface area contributed by atoms with Gasteiger partial charge in [-0.25, -0.2) is 0 Å². The van der Waals surface area contributed by atoms with Crippen molar-refractivity contribution in [3.8, 4) is 0 Å². The van der Waals surface area contributed by atoms with Crippen molar-refractivity contribution in [1.82, 2.24) is 4.90 Å². The summed E-state index contributed by atoms with van der Waals surface area (Å²) >= 11 is 6.31. The molecule has 0 aromatic heterocycles. The molecule has 2 aromatic rings. The Kier molecular flexibility index (Phi) is 5.46. The number of nitrogens with zero attached hydrogens (tertiary/aromatic N) is 2. The van der Waals surface area contributed by atoms with Crippen molar-refractivity contribution in [2.75, 3.05) is 42.9 Å². The second-order valence-corrected chi connectivity index (χ2v) is 7.51. The van der Waals surface area contributed by atoms with Gasteiger partial charge in [0.15, 0.2) is 0 Å². The molecule has 1 amide bonds. The standard InChI is InChI=1S/C22H24ClN3O/c23-19-5-1-2-6-21(19)26-14-12-25(13-15-26)11-3-4-17-7-9-20-18(16-17)8-10-22(27)24-20/h1-7,9,16H,8,10-15H2,(H,24,27). The SMILES string of the molecule is O=C1CCc2cc(C=CCN3CCN(c4ccccc4Cl)CC3)ccc2N1. The van der Waals surface area contributed by atoms with Gasteiger partial charge in [-0.05, 0) is 41.8 Å². The molecule has 4 nitrogen and oxygen atoms in total. The maximum Gasteiger partial charge on any atom is 0.224 e. The highest BCUT2D eigenvalue weighted by Crippen LogP contribution is 2.26. The lowest BCUT2D eigenvalue weighted by Crippen LogP contribution is -2.46. The number of hydrogen-bond donors (Lipinski definition) is 1. The summed E-state index contributed by atoms with van der Waals surface area (Å²) in [6.45, 7) is 5.01. The topological polar surface area (TPSA) is 35.6 Å². The van der Waals surface area contributed by atoms with E-state index in [0.29, 0.717) is 6.42 Å². The van der Waals surface area contributed by atoms with Crippen LogP contribution in [0.1, 0.15) is 17.5 Å². The number of rotatable bonds is 4. The Morgan fingerprint density at radius 2 is 1.85 bits per heavy atom. The van der Waals surface area contributed by atoms with Crippen LogP contribution in [0.25, 0.3) is 6.08 Å². The van der Waals surface area contributed by atoms with Crippen molar-refractivity contribution < 1.29 is 4.79 Å². The maximum atomic E-state index is 11.4. The number of hydrogen-bond acceptors (Lipinski definition) is 3. The van der Waals surface area contributed by atoms with Crippen LogP contribution in [0.4, 0.5) is 11.4 Å². The Balaban J connectivity index is 1.30. The predicted octanol–water partition coefficient (Wildman–Crippen LogP) is 4.06. The average molecular weight is 382 g/mol. The lowest BCUT2D eigenvalue weighted by molar-refractivity contribution is -0.116. The van der Waals surface area contributed by atoms with Crippen LogP contribution in [-0.4, -0.2) is 43.5 Å². The van der Waals surface area contributed by atoms with Gasteiger partial charge in [-0.2, -0.15) is 0 Å². The van der Waals surface area contributed by atoms with Gasteiger partial charge >= 0.3 is 0 Å². The van der Waals surface area contributed by atoms with E-state index in [4.69, 9.17) is 11.6 Å². The Hall–Kier alpha value is -2.30. The summed E-state index contributed by atoms with van der Waals surface area (Å²) in [4.78, 5) is 16.3. The van der Waals surface area contributed by atoms with E-state index in [1.807, 2.05) is 24.3 Å². The van der Waals surface area contributed by atoms with Crippen molar-refractivity contribution in [2.24, 2.45) is 0 Å². The predicted molar refractivity (Wildman–Crippen MR) is 113 cm³/mol. The van der Waals surface area contributed by atoms with Gasteiger partial charge in [0.2, 0.25) is 5.91 Å². The first-order chi connectivity index (χ1) is 13.2. The van der Waals surface area contributed by atoms with Crippen LogP contribution in [0.3, 0.4) is 0 Å². The average Bonchev–Trinajstić information content (AvgIpc) is 2.69. The van der Waals surface area contributed by atoms with E-state index in [2.05, 4.69) is 45.5 Å². The van der Waals surface area contributed by atoms with Crippen LogP contribution in [0.15, 0.2) is 48.5 Å². The number of amides is 1. The number of carbonyl (C=O) groups excluding carboxylic acids is 1. The van der Waals surface area contributed by atoms with Crippen LogP contribution < -0.4 is 10.2 Å². The van der Waals surface area contributed by atoms with Gasteiger partial charge in [-0.15, -0.1) is 0 Å². The quantitative estimate of drug-likeness (QED) is 0.867. The summed E-state index contributed by atoms with van der Waals surface area (Å²) in [5, 5.41) is 3.76. The molecule has 2 aliphatic heterocycles. The highest BCUT2D eigenvalue weighted by atomic mass is 35.5. The number of halogens is 1. The largest absolute Gasteiger partial charge is 0.368 e. The monoisotopic (exact) mass is 381 g/mol. The van der Waals surface area contributed by atoms with Crippen molar-refractivity contribution in [1.29, 1.82) is 0 Å². The highest BCUT2D eigenvalue weighted by Gasteiger charge is 2.18. The Bertz CT molecular complexity index is 856. The Labute approximate surface area is 165 Å². The van der Waals surface area contributed by atoms with Crippen molar-refractivity contribution in [2.45, 2.75) is 12.8 Å². The van der Waals surface area contributed by atoms with Crippen molar-refractivity contribution in [3.05, 3.63) is 64.7 Å². The molecule has 0 aliphatic carbocycles. The van der Waals surface area contributed by atoms with Gasteiger partial charge in [0.1, 0.15) is 0 Å². The van der Waals surface area contributed by atoms with Gasteiger partial charge < -0.3 is 10.2 Å². The minimum absolute atomic E-state index is 0.113. The minimum atomic E-state index is 0.113. The third kappa shape index (κ3) is 4.34. The Morgan fingerprint density at radius 1 is 1.04 bits per heavy atom. The highest BCUT2D eigenvalue weighted by molar-refractivity contribution is 6.33. The second kappa shape index (κ2) is 8.15. The van der Waals surface area contributed by atoms with Crippen LogP contribution in [0.2, 0.25) is 5.02 Å². The molecule has 0 bridgehead atoms. The molecular formula is C22H24ClN3O. The molecule has 0 radical (unpaired) electrons. The molecule has 0 saturated carbocycles. The molecule has 2 aliphatic rings. The van der Waals surface area contributed by atoms with Crippen LogP contribution in [0, 0.1) is 0 Å². The molecule has 1 saturated heterocycles. The molecule has 1 N–H and O–H groups in total. The second-order valence-electron chi connectivity index (χ2n) is 7.11. The summed E-state index contributed by atoms with van der Waals surface area (Å²) in [5.74, 6) is 0.113. The molecule has 0 atom stereocenters. The summed E-state index contributed by atoms with van der Waals surface area (Å²) in [6.07, 6.45) is 5.81. The third-order valence-electron chi connectivity index (χ3n) is 5.26. The first-order valence-corrected chi connectivity index (χ1v) is 9.88. The lowest BCUT2D eigenvalue weighted by atomic mass is 10.0. The first kappa shape index (κ1) is 18.1. The number of anilines is 2. The third-order valence-corrected chi connectivity index (χ3v) is 5.58. The molecular weight excluding hydrogens is 358 g/mol. The lowest BCUT2D eigenvalue weighted by Gasteiger charge is -2.36. The van der Waals surface area contributed by atoms with Crippen LogP contribution in [-0.2, 0) is 11.2 Å². The molecule has 2 aromatic carbocycles. The zero-order valence-electron chi connectivity index (χ0n) is 15.3. The molecule has 140 valence electrons. The van der Waals surface area contributed by atoms with Crippen LogP contribution in [0.5, 0.6) is 0 Å². The smallest absolute Gasteiger partial charge is 0.224 e.